The van der Waals surface area contributed by atoms with Crippen molar-refractivity contribution >= 4 is 23.3 Å². The van der Waals surface area contributed by atoms with Crippen LogP contribution in [0.5, 0.6) is 5.75 Å². The molecule has 0 spiro atoms. The number of hydrogen-bond acceptors (Lipinski definition) is 4. The monoisotopic (exact) mass is 338 g/mol. The number of carbonyl (C=O) groups is 2. The Morgan fingerprint density at radius 2 is 1.80 bits per heavy atom. The van der Waals surface area contributed by atoms with E-state index in [4.69, 9.17) is 4.74 Å². The number of amides is 2. The molecule has 0 aliphatic heterocycles. The number of ether oxygens (including phenoxy) is 1. The molecular formula is C18H18N4O3. The van der Waals surface area contributed by atoms with Crippen molar-refractivity contribution in [2.75, 3.05) is 19.4 Å². The Kier molecular flexibility index (Phi) is 4.38. The lowest BCUT2D eigenvalue weighted by Crippen LogP contribution is -2.25. The van der Waals surface area contributed by atoms with Crippen molar-refractivity contribution in [3.63, 3.8) is 0 Å². The van der Waals surface area contributed by atoms with E-state index in [0.29, 0.717) is 11.4 Å². The van der Waals surface area contributed by atoms with Gasteiger partial charge in [0.05, 0.1) is 11.4 Å². The lowest BCUT2D eigenvalue weighted by atomic mass is 10.2. The number of nitrogens with one attached hydrogen (secondary N) is 1. The number of fused-ring (bicyclic) bond motifs is 1. The normalized spacial score (nSPS) is 10.5. The summed E-state index contributed by atoms with van der Waals surface area (Å²) in [4.78, 5) is 28.6. The van der Waals surface area contributed by atoms with Gasteiger partial charge in [-0.15, -0.1) is 0 Å². The minimum absolute atomic E-state index is 0.123. The van der Waals surface area contributed by atoms with E-state index in [2.05, 4.69) is 10.3 Å². The van der Waals surface area contributed by atoms with Crippen LogP contribution in [0.3, 0.4) is 0 Å². The third kappa shape index (κ3) is 3.77. The Bertz CT molecular complexity index is 929. The van der Waals surface area contributed by atoms with E-state index in [1.165, 1.54) is 11.8 Å². The summed E-state index contributed by atoms with van der Waals surface area (Å²) in [5, 5.41) is 2.74. The summed E-state index contributed by atoms with van der Waals surface area (Å²) in [6.07, 6.45) is 3.26. The average Bonchev–Trinajstić information content (AvgIpc) is 2.98. The predicted molar refractivity (Wildman–Crippen MR) is 94.6 cm³/mol. The van der Waals surface area contributed by atoms with Gasteiger partial charge in [0.15, 0.2) is 0 Å². The number of anilines is 1. The quantitative estimate of drug-likeness (QED) is 0.796. The average molecular weight is 338 g/mol. The van der Waals surface area contributed by atoms with Crippen LogP contribution in [0.1, 0.15) is 6.92 Å². The maximum absolute atomic E-state index is 11.6. The van der Waals surface area contributed by atoms with Crippen molar-refractivity contribution in [1.29, 1.82) is 0 Å². The van der Waals surface area contributed by atoms with Crippen molar-refractivity contribution in [2.24, 2.45) is 0 Å². The van der Waals surface area contributed by atoms with Crippen LogP contribution in [0.25, 0.3) is 16.9 Å². The number of pyridine rings is 1. The summed E-state index contributed by atoms with van der Waals surface area (Å²) in [6, 6.07) is 10.8. The standard InChI is InChI=1S/C18H18N4O3/c1-12(23)19-14-6-9-17-20-16(11-22(17)10-14)13-4-7-15(8-5-13)25-18(24)21(2)3/h4-11H,1-3H3,(H,19,23). The number of nitrogens with zero attached hydrogens (tertiary/aromatic N) is 3. The maximum atomic E-state index is 11.6. The number of carbonyl (C=O) groups excluding carboxylic acids is 2. The molecule has 2 amide bonds. The highest BCUT2D eigenvalue weighted by Gasteiger charge is 2.09. The van der Waals surface area contributed by atoms with Gasteiger partial charge >= 0.3 is 6.09 Å². The van der Waals surface area contributed by atoms with Crippen LogP contribution in [0, 0.1) is 0 Å². The molecule has 3 aromatic rings. The van der Waals surface area contributed by atoms with Gasteiger partial charge in [-0.2, -0.15) is 0 Å². The molecule has 7 nitrogen and oxygen atoms in total. The number of rotatable bonds is 3. The second-order valence-electron chi connectivity index (χ2n) is 5.78. The number of imidazole rings is 1. The van der Waals surface area contributed by atoms with Crippen molar-refractivity contribution in [1.82, 2.24) is 14.3 Å². The zero-order chi connectivity index (χ0) is 18.0. The van der Waals surface area contributed by atoms with Crippen LogP contribution in [0.15, 0.2) is 48.8 Å². The van der Waals surface area contributed by atoms with Gasteiger partial charge in [-0.05, 0) is 36.4 Å². The predicted octanol–water partition coefficient (Wildman–Crippen LogP) is 3.02. The van der Waals surface area contributed by atoms with E-state index in [1.807, 2.05) is 28.8 Å². The highest BCUT2D eigenvalue weighted by Crippen LogP contribution is 2.23. The first-order chi connectivity index (χ1) is 11.9. The minimum Gasteiger partial charge on any atom is -0.410 e. The fourth-order valence-corrected chi connectivity index (χ4v) is 2.29. The molecule has 0 aliphatic rings. The molecule has 3 rings (SSSR count). The van der Waals surface area contributed by atoms with Crippen molar-refractivity contribution in [2.45, 2.75) is 6.92 Å². The lowest BCUT2D eigenvalue weighted by Gasteiger charge is -2.10. The second kappa shape index (κ2) is 6.64. The molecule has 0 saturated carbocycles. The lowest BCUT2D eigenvalue weighted by molar-refractivity contribution is -0.114. The molecule has 128 valence electrons. The highest BCUT2D eigenvalue weighted by molar-refractivity contribution is 5.88. The van der Waals surface area contributed by atoms with Gasteiger partial charge in [0.25, 0.3) is 0 Å². The molecule has 2 aromatic heterocycles. The maximum Gasteiger partial charge on any atom is 0.414 e. The van der Waals surface area contributed by atoms with Gasteiger partial charge in [0.2, 0.25) is 5.91 Å². The highest BCUT2D eigenvalue weighted by atomic mass is 16.6. The third-order valence-electron chi connectivity index (χ3n) is 3.49. The zero-order valence-corrected chi connectivity index (χ0v) is 14.2. The van der Waals surface area contributed by atoms with Gasteiger partial charge in [-0.25, -0.2) is 9.78 Å². The third-order valence-corrected chi connectivity index (χ3v) is 3.49. The Hall–Kier alpha value is -3.35. The molecule has 0 bridgehead atoms. The summed E-state index contributed by atoms with van der Waals surface area (Å²) < 4.78 is 7.05. The fraction of sp³-hybridized carbons (Fsp3) is 0.167. The van der Waals surface area contributed by atoms with Crippen LogP contribution < -0.4 is 10.1 Å². The molecule has 2 heterocycles. The number of aromatic nitrogens is 2. The van der Waals surface area contributed by atoms with Crippen LogP contribution >= 0.6 is 0 Å². The molecular weight excluding hydrogens is 320 g/mol. The Morgan fingerprint density at radius 1 is 1.08 bits per heavy atom. The number of benzene rings is 1. The SMILES string of the molecule is CC(=O)Nc1ccc2nc(-c3ccc(OC(=O)N(C)C)cc3)cn2c1. The molecule has 0 fully saturated rings. The Balaban J connectivity index is 1.83. The molecule has 0 unspecified atom stereocenters. The number of hydrogen-bond donors (Lipinski definition) is 1. The molecule has 0 aliphatic carbocycles. The Labute approximate surface area is 144 Å². The topological polar surface area (TPSA) is 75.9 Å². The minimum atomic E-state index is -0.425. The van der Waals surface area contributed by atoms with Gasteiger partial charge < -0.3 is 19.4 Å². The largest absolute Gasteiger partial charge is 0.414 e. The summed E-state index contributed by atoms with van der Waals surface area (Å²) in [5.41, 5.74) is 3.15. The van der Waals surface area contributed by atoms with E-state index in [0.717, 1.165) is 16.9 Å². The molecule has 0 atom stereocenters. The van der Waals surface area contributed by atoms with Gasteiger partial charge in [-0.3, -0.25) is 4.79 Å². The summed E-state index contributed by atoms with van der Waals surface area (Å²) in [6.45, 7) is 1.47. The fourth-order valence-electron chi connectivity index (χ4n) is 2.29. The first kappa shape index (κ1) is 16.5. The summed E-state index contributed by atoms with van der Waals surface area (Å²) in [7, 11) is 3.26. The molecule has 0 radical (unpaired) electrons. The van der Waals surface area contributed by atoms with Crippen LogP contribution in [-0.2, 0) is 4.79 Å². The van der Waals surface area contributed by atoms with E-state index in [-0.39, 0.29) is 5.91 Å². The second-order valence-corrected chi connectivity index (χ2v) is 5.78. The smallest absolute Gasteiger partial charge is 0.410 e. The van der Waals surface area contributed by atoms with Gasteiger partial charge in [0, 0.05) is 39.0 Å². The molecule has 1 aromatic carbocycles. The van der Waals surface area contributed by atoms with Crippen molar-refractivity contribution < 1.29 is 14.3 Å². The van der Waals surface area contributed by atoms with E-state index >= 15 is 0 Å². The molecule has 0 saturated heterocycles. The molecule has 1 N–H and O–H groups in total. The summed E-state index contributed by atoms with van der Waals surface area (Å²) >= 11 is 0. The van der Waals surface area contributed by atoms with Crippen molar-refractivity contribution in [3.8, 4) is 17.0 Å². The molecule has 25 heavy (non-hydrogen) atoms. The van der Waals surface area contributed by atoms with Crippen LogP contribution in [-0.4, -0.2) is 40.4 Å². The van der Waals surface area contributed by atoms with E-state index in [9.17, 15) is 9.59 Å². The van der Waals surface area contributed by atoms with E-state index in [1.54, 1.807) is 38.5 Å². The van der Waals surface area contributed by atoms with E-state index < -0.39 is 6.09 Å². The first-order valence-electron chi connectivity index (χ1n) is 7.68. The van der Waals surface area contributed by atoms with Gasteiger partial charge in [-0.1, -0.05) is 0 Å². The van der Waals surface area contributed by atoms with Crippen molar-refractivity contribution in [3.05, 3.63) is 48.8 Å². The van der Waals surface area contributed by atoms with Crippen LogP contribution in [0.2, 0.25) is 0 Å². The Morgan fingerprint density at radius 3 is 2.44 bits per heavy atom. The molecule has 7 heteroatoms. The van der Waals surface area contributed by atoms with Gasteiger partial charge in [0.1, 0.15) is 11.4 Å². The summed E-state index contributed by atoms with van der Waals surface area (Å²) in [5.74, 6) is 0.349. The first-order valence-corrected chi connectivity index (χ1v) is 7.68. The zero-order valence-electron chi connectivity index (χ0n) is 14.2. The van der Waals surface area contributed by atoms with Crippen LogP contribution in [0.4, 0.5) is 10.5 Å².